The summed E-state index contributed by atoms with van der Waals surface area (Å²) in [6, 6.07) is 13.0. The Balaban J connectivity index is 2.04. The van der Waals surface area contributed by atoms with Crippen molar-refractivity contribution in [2.75, 3.05) is 30.4 Å². The Morgan fingerprint density at radius 3 is 2.19 bits per heavy atom. The van der Waals surface area contributed by atoms with Crippen LogP contribution in [0.2, 0.25) is 5.02 Å². The van der Waals surface area contributed by atoms with Gasteiger partial charge in [0.15, 0.2) is 11.5 Å². The zero-order valence-electron chi connectivity index (χ0n) is 19.4. The first-order valence-electron chi connectivity index (χ1n) is 10.3. The molecule has 0 saturated heterocycles. The number of alkyl halides is 3. The lowest BCUT2D eigenvalue weighted by Gasteiger charge is -2.25. The van der Waals surface area contributed by atoms with Crippen molar-refractivity contribution in [1.82, 2.24) is 0 Å². The maximum atomic E-state index is 13.5. The number of anilines is 2. The van der Waals surface area contributed by atoms with Gasteiger partial charge in [0, 0.05) is 11.1 Å². The fourth-order valence-corrected chi connectivity index (χ4v) is 4.90. The normalized spacial score (nSPS) is 11.6. The van der Waals surface area contributed by atoms with Crippen molar-refractivity contribution in [3.05, 3.63) is 76.8 Å². The second-order valence-corrected chi connectivity index (χ2v) is 9.90. The molecule has 192 valence electrons. The van der Waals surface area contributed by atoms with Gasteiger partial charge in [0.1, 0.15) is 6.54 Å². The molecule has 0 radical (unpaired) electrons. The molecule has 36 heavy (non-hydrogen) atoms. The minimum Gasteiger partial charge on any atom is -0.493 e. The van der Waals surface area contributed by atoms with Crippen LogP contribution < -0.4 is 19.1 Å². The van der Waals surface area contributed by atoms with E-state index in [-0.39, 0.29) is 21.4 Å². The summed E-state index contributed by atoms with van der Waals surface area (Å²) in [5, 5.41) is 1.98. The fraction of sp³-hybridized carbons (Fsp3) is 0.208. The third-order valence-electron chi connectivity index (χ3n) is 5.11. The van der Waals surface area contributed by atoms with E-state index in [2.05, 4.69) is 5.32 Å². The number of hydrogen-bond acceptors (Lipinski definition) is 5. The molecule has 0 aliphatic carbocycles. The van der Waals surface area contributed by atoms with Crippen LogP contribution in [-0.2, 0) is 21.0 Å². The third-order valence-corrected chi connectivity index (χ3v) is 7.14. The van der Waals surface area contributed by atoms with E-state index in [9.17, 15) is 26.4 Å². The summed E-state index contributed by atoms with van der Waals surface area (Å²) in [6.07, 6.45) is -4.80. The molecule has 0 aliphatic heterocycles. The number of carbonyl (C=O) groups excluding carboxylic acids is 1. The van der Waals surface area contributed by atoms with Crippen LogP contribution in [0.3, 0.4) is 0 Å². The molecule has 0 unspecified atom stereocenters. The quantitative estimate of drug-likeness (QED) is 0.405. The minimum absolute atomic E-state index is 0.0375. The Morgan fingerprint density at radius 2 is 1.61 bits per heavy atom. The van der Waals surface area contributed by atoms with Crippen LogP contribution in [0, 0.1) is 6.92 Å². The Labute approximate surface area is 211 Å². The third kappa shape index (κ3) is 6.03. The van der Waals surface area contributed by atoms with Gasteiger partial charge in [-0.25, -0.2) is 8.42 Å². The highest BCUT2D eigenvalue weighted by Crippen LogP contribution is 2.37. The first kappa shape index (κ1) is 27.2. The fourth-order valence-electron chi connectivity index (χ4n) is 3.31. The molecule has 0 fully saturated rings. The van der Waals surface area contributed by atoms with Crippen LogP contribution in [0.25, 0.3) is 0 Å². The van der Waals surface area contributed by atoms with Gasteiger partial charge in [-0.2, -0.15) is 13.2 Å². The lowest BCUT2D eigenvalue weighted by molar-refractivity contribution is -0.137. The molecule has 3 aromatic carbocycles. The number of carbonyl (C=O) groups is 1. The molecule has 12 heteroatoms. The van der Waals surface area contributed by atoms with E-state index < -0.39 is 39.9 Å². The number of sulfonamides is 1. The highest BCUT2D eigenvalue weighted by Gasteiger charge is 2.35. The summed E-state index contributed by atoms with van der Waals surface area (Å²) in [4.78, 5) is 12.8. The Hall–Kier alpha value is -3.44. The van der Waals surface area contributed by atoms with Gasteiger partial charge in [-0.05, 0) is 49.4 Å². The van der Waals surface area contributed by atoms with E-state index in [1.165, 1.54) is 50.6 Å². The molecule has 3 aromatic rings. The predicted octanol–water partition coefficient (Wildman–Crippen LogP) is 5.52. The van der Waals surface area contributed by atoms with Crippen molar-refractivity contribution in [2.45, 2.75) is 18.0 Å². The molecule has 7 nitrogen and oxygen atoms in total. The number of ether oxygens (including phenoxy) is 2. The van der Waals surface area contributed by atoms with Crippen LogP contribution in [0.1, 0.15) is 11.1 Å². The van der Waals surface area contributed by atoms with Crippen LogP contribution in [0.15, 0.2) is 65.6 Å². The minimum atomic E-state index is -4.80. The van der Waals surface area contributed by atoms with E-state index in [0.717, 1.165) is 15.9 Å². The van der Waals surface area contributed by atoms with E-state index in [0.29, 0.717) is 11.8 Å². The SMILES string of the molecule is COc1ccc(N(CC(=O)Nc2ccc(Cl)cc2C(F)(F)F)S(=O)(=O)c2ccc(C)cc2)cc1OC. The molecule has 1 amide bonds. The Morgan fingerprint density at radius 1 is 0.972 bits per heavy atom. The van der Waals surface area contributed by atoms with Crippen LogP contribution >= 0.6 is 11.6 Å². The highest BCUT2D eigenvalue weighted by atomic mass is 35.5. The lowest BCUT2D eigenvalue weighted by atomic mass is 10.1. The zero-order valence-corrected chi connectivity index (χ0v) is 21.0. The van der Waals surface area contributed by atoms with Crippen LogP contribution in [0.5, 0.6) is 11.5 Å². The maximum absolute atomic E-state index is 13.5. The van der Waals surface area contributed by atoms with Gasteiger partial charge < -0.3 is 14.8 Å². The zero-order chi connectivity index (χ0) is 26.7. The summed E-state index contributed by atoms with van der Waals surface area (Å²) in [6.45, 7) is 0.950. The van der Waals surface area contributed by atoms with E-state index in [4.69, 9.17) is 21.1 Å². The molecule has 0 spiro atoms. The van der Waals surface area contributed by atoms with Gasteiger partial charge in [0.2, 0.25) is 5.91 Å². The number of nitrogens with one attached hydrogen (secondary N) is 1. The summed E-state index contributed by atoms with van der Waals surface area (Å²) in [5.41, 5.74) is -0.874. The number of methoxy groups -OCH3 is 2. The second kappa shape index (κ2) is 10.7. The van der Waals surface area contributed by atoms with E-state index >= 15 is 0 Å². The molecule has 0 atom stereocenters. The number of hydrogen-bond donors (Lipinski definition) is 1. The first-order valence-corrected chi connectivity index (χ1v) is 12.2. The average molecular weight is 543 g/mol. The molecule has 3 rings (SSSR count). The Kier molecular flexibility index (Phi) is 8.05. The smallest absolute Gasteiger partial charge is 0.418 e. The van der Waals surface area contributed by atoms with Gasteiger partial charge >= 0.3 is 6.18 Å². The molecule has 1 N–H and O–H groups in total. The van der Waals surface area contributed by atoms with Crippen molar-refractivity contribution < 1.29 is 35.9 Å². The molecule has 0 aromatic heterocycles. The Bertz CT molecular complexity index is 1360. The number of amides is 1. The van der Waals surface area contributed by atoms with Gasteiger partial charge in [0.25, 0.3) is 10.0 Å². The standard InChI is InChI=1S/C24H22ClF3N2O5S/c1-15-4-8-18(9-5-15)36(32,33)30(17-7-11-21(34-2)22(13-17)35-3)14-23(31)29-20-10-6-16(25)12-19(20)24(26,27)28/h4-13H,14H2,1-3H3,(H,29,31). The number of halogens is 4. The number of aryl methyl sites for hydroxylation is 1. The topological polar surface area (TPSA) is 84.9 Å². The van der Waals surface area contributed by atoms with E-state index in [1.54, 1.807) is 19.1 Å². The monoisotopic (exact) mass is 542 g/mol. The van der Waals surface area contributed by atoms with Crippen molar-refractivity contribution in [3.8, 4) is 11.5 Å². The van der Waals surface area contributed by atoms with Crippen LogP contribution in [-0.4, -0.2) is 35.1 Å². The number of nitrogens with zero attached hydrogens (tertiary/aromatic N) is 1. The molecular weight excluding hydrogens is 521 g/mol. The molecule has 0 heterocycles. The summed E-state index contributed by atoms with van der Waals surface area (Å²) in [5.74, 6) is -0.501. The van der Waals surface area contributed by atoms with Crippen molar-refractivity contribution in [1.29, 1.82) is 0 Å². The summed E-state index contributed by atoms with van der Waals surface area (Å²) >= 11 is 5.69. The average Bonchev–Trinajstić information content (AvgIpc) is 2.82. The largest absolute Gasteiger partial charge is 0.493 e. The van der Waals surface area contributed by atoms with Crippen molar-refractivity contribution in [2.24, 2.45) is 0 Å². The molecule has 0 aliphatic rings. The number of rotatable bonds is 8. The van der Waals surface area contributed by atoms with Gasteiger partial charge in [-0.1, -0.05) is 29.3 Å². The van der Waals surface area contributed by atoms with Gasteiger partial charge in [-0.15, -0.1) is 0 Å². The highest BCUT2D eigenvalue weighted by molar-refractivity contribution is 7.92. The van der Waals surface area contributed by atoms with Crippen molar-refractivity contribution in [3.63, 3.8) is 0 Å². The van der Waals surface area contributed by atoms with E-state index in [1.807, 2.05) is 0 Å². The lowest BCUT2D eigenvalue weighted by Crippen LogP contribution is -2.38. The molecule has 0 saturated carbocycles. The second-order valence-electron chi connectivity index (χ2n) is 7.60. The van der Waals surface area contributed by atoms with Crippen LogP contribution in [0.4, 0.5) is 24.5 Å². The molecule has 0 bridgehead atoms. The first-order chi connectivity index (χ1) is 16.9. The van der Waals surface area contributed by atoms with Crippen molar-refractivity contribution >= 4 is 38.9 Å². The maximum Gasteiger partial charge on any atom is 0.418 e. The number of benzene rings is 3. The van der Waals surface area contributed by atoms with Gasteiger partial charge in [-0.3, -0.25) is 9.10 Å². The summed E-state index contributed by atoms with van der Waals surface area (Å²) in [7, 11) is -1.56. The molecular formula is C24H22ClF3N2O5S. The predicted molar refractivity (Wildman–Crippen MR) is 130 cm³/mol. The van der Waals surface area contributed by atoms with Gasteiger partial charge in [0.05, 0.1) is 36.1 Å². The summed E-state index contributed by atoms with van der Waals surface area (Å²) < 4.78 is 78.7.